The van der Waals surface area contributed by atoms with Crippen LogP contribution in [0.25, 0.3) is 0 Å². The molecule has 1 aromatic heterocycles. The molecule has 1 aromatic rings. The maximum Gasteiger partial charge on any atom is 0.309 e. The van der Waals surface area contributed by atoms with Crippen molar-refractivity contribution < 1.29 is 14.3 Å². The number of hydrogen-bond donors (Lipinski definition) is 1. The van der Waals surface area contributed by atoms with E-state index < -0.39 is 11.6 Å². The van der Waals surface area contributed by atoms with Crippen LogP contribution < -0.4 is 0 Å². The second-order valence-electron chi connectivity index (χ2n) is 8.03. The Balaban J connectivity index is 1.39. The van der Waals surface area contributed by atoms with Crippen molar-refractivity contribution in [1.82, 2.24) is 9.97 Å². The highest BCUT2D eigenvalue weighted by Crippen LogP contribution is 2.33. The van der Waals surface area contributed by atoms with Gasteiger partial charge < -0.3 is 9.72 Å². The molecule has 0 saturated carbocycles. The number of ketones is 1. The van der Waals surface area contributed by atoms with Gasteiger partial charge in [0.2, 0.25) is 0 Å². The highest BCUT2D eigenvalue weighted by atomic mass is 16.5. The van der Waals surface area contributed by atoms with Gasteiger partial charge in [-0.3, -0.25) is 9.59 Å². The molecule has 9 heteroatoms. The molecule has 28 heavy (non-hydrogen) atoms. The van der Waals surface area contributed by atoms with Crippen LogP contribution in [-0.2, 0) is 20.7 Å². The number of carbonyl (C=O) groups excluding carboxylic acids is 2. The van der Waals surface area contributed by atoms with Gasteiger partial charge in [0, 0.05) is 37.6 Å². The Morgan fingerprint density at radius 3 is 2.43 bits per heavy atom. The minimum absolute atomic E-state index is 0.0904. The number of ether oxygens (including phenoxy) is 1. The van der Waals surface area contributed by atoms with Crippen molar-refractivity contribution in [2.24, 2.45) is 26.4 Å². The first-order valence-electron chi connectivity index (χ1n) is 9.91. The Bertz CT molecular complexity index is 731. The number of esters is 1. The van der Waals surface area contributed by atoms with Crippen molar-refractivity contribution in [1.29, 1.82) is 0 Å². The van der Waals surface area contributed by atoms with Crippen LogP contribution >= 0.6 is 0 Å². The Morgan fingerprint density at radius 2 is 1.79 bits per heavy atom. The second-order valence-corrected chi connectivity index (χ2v) is 8.03. The van der Waals surface area contributed by atoms with Crippen LogP contribution in [-0.4, -0.2) is 39.7 Å². The first-order valence-corrected chi connectivity index (χ1v) is 9.91. The summed E-state index contributed by atoms with van der Waals surface area (Å²) in [4.78, 5) is 31.9. The molecule has 3 rings (SSSR count). The smallest absolute Gasteiger partial charge is 0.309 e. The molecule has 2 aliphatic heterocycles. The van der Waals surface area contributed by atoms with Gasteiger partial charge in [-0.1, -0.05) is 6.42 Å². The van der Waals surface area contributed by atoms with E-state index >= 15 is 0 Å². The summed E-state index contributed by atoms with van der Waals surface area (Å²) in [5, 5.41) is 15.8. The predicted octanol–water partition coefficient (Wildman–Crippen LogP) is 3.78. The highest BCUT2D eigenvalue weighted by Gasteiger charge is 2.34. The van der Waals surface area contributed by atoms with E-state index in [9.17, 15) is 9.59 Å². The van der Waals surface area contributed by atoms with E-state index in [0.29, 0.717) is 19.3 Å². The summed E-state index contributed by atoms with van der Waals surface area (Å²) in [6.07, 6.45) is 8.62. The maximum absolute atomic E-state index is 12.5. The molecule has 0 amide bonds. The summed E-state index contributed by atoms with van der Waals surface area (Å²) in [7, 11) is 0. The minimum atomic E-state index is -0.503. The summed E-state index contributed by atoms with van der Waals surface area (Å²) >= 11 is 0. The number of aromatic amines is 1. The monoisotopic (exact) mass is 388 g/mol. The van der Waals surface area contributed by atoms with Crippen molar-refractivity contribution in [3.63, 3.8) is 0 Å². The molecule has 0 aromatic carbocycles. The van der Waals surface area contributed by atoms with Gasteiger partial charge in [0.15, 0.2) is 11.3 Å². The van der Waals surface area contributed by atoms with E-state index in [-0.39, 0.29) is 30.4 Å². The Kier molecular flexibility index (Phi) is 6.31. The van der Waals surface area contributed by atoms with E-state index in [2.05, 4.69) is 30.4 Å². The number of nitrogens with one attached hydrogen (secondary N) is 1. The van der Waals surface area contributed by atoms with Crippen molar-refractivity contribution >= 4 is 11.8 Å². The van der Waals surface area contributed by atoms with E-state index in [1.165, 1.54) is 0 Å². The molecule has 9 nitrogen and oxygen atoms in total. The molecular formula is C19H28N6O3. The molecule has 0 bridgehead atoms. The highest BCUT2D eigenvalue weighted by molar-refractivity contribution is 5.84. The number of Topliss-reactive ketones (excluding diaryl/α,β-unsaturated/α-hetero) is 1. The van der Waals surface area contributed by atoms with Crippen LogP contribution in [0.1, 0.15) is 64.5 Å². The summed E-state index contributed by atoms with van der Waals surface area (Å²) in [5.41, 5.74) is 0.257. The zero-order valence-electron chi connectivity index (χ0n) is 16.6. The molecule has 3 heterocycles. The van der Waals surface area contributed by atoms with Crippen LogP contribution in [0.5, 0.6) is 0 Å². The standard InChI is InChI=1S/C19H28N6O3/c1-18(22-23-18)7-5-3-4-6-16(26)11-14(10-15-12-20-13-21-15)17(27)28-9-8-19(2)24-25-19/h12-14H,3-11H2,1-2H3,(H,20,21)/t14-/m1/s1. The number of nitrogens with zero attached hydrogens (tertiary/aromatic N) is 5. The van der Waals surface area contributed by atoms with Crippen molar-refractivity contribution in [3.05, 3.63) is 18.2 Å². The molecule has 2 aliphatic rings. The van der Waals surface area contributed by atoms with E-state index in [1.807, 2.05) is 13.8 Å². The third-order valence-electron chi connectivity index (χ3n) is 5.14. The summed E-state index contributed by atoms with van der Waals surface area (Å²) < 4.78 is 5.39. The van der Waals surface area contributed by atoms with Gasteiger partial charge in [0.25, 0.3) is 0 Å². The zero-order valence-corrected chi connectivity index (χ0v) is 16.6. The average molecular weight is 388 g/mol. The Hall–Kier alpha value is -2.45. The van der Waals surface area contributed by atoms with Gasteiger partial charge in [-0.25, -0.2) is 4.98 Å². The van der Waals surface area contributed by atoms with Gasteiger partial charge in [-0.05, 0) is 33.1 Å². The second kappa shape index (κ2) is 8.70. The SMILES string of the molecule is CC1(CCCCCC(=O)C[C@@H](Cc2cnc[nH]2)C(=O)OCCC2(C)N=N2)N=N1. The Labute approximate surface area is 164 Å². The van der Waals surface area contributed by atoms with Crippen molar-refractivity contribution in [2.45, 2.75) is 76.5 Å². The number of aromatic nitrogens is 2. The van der Waals surface area contributed by atoms with E-state index in [4.69, 9.17) is 4.74 Å². The van der Waals surface area contributed by atoms with Gasteiger partial charge >= 0.3 is 5.97 Å². The van der Waals surface area contributed by atoms with Gasteiger partial charge in [0.1, 0.15) is 5.78 Å². The van der Waals surface area contributed by atoms with Gasteiger partial charge in [-0.2, -0.15) is 20.5 Å². The fraction of sp³-hybridized carbons (Fsp3) is 0.737. The first-order chi connectivity index (χ1) is 13.4. The van der Waals surface area contributed by atoms with Crippen molar-refractivity contribution in [3.8, 4) is 0 Å². The van der Waals surface area contributed by atoms with Gasteiger partial charge in [0.05, 0.1) is 18.9 Å². The van der Waals surface area contributed by atoms with Crippen LogP contribution in [0.15, 0.2) is 33.0 Å². The average Bonchev–Trinajstić information content (AvgIpc) is 3.51. The topological polar surface area (TPSA) is 121 Å². The lowest BCUT2D eigenvalue weighted by molar-refractivity contribution is -0.150. The molecule has 0 fully saturated rings. The third kappa shape index (κ3) is 6.61. The maximum atomic E-state index is 12.5. The summed E-state index contributed by atoms with van der Waals surface area (Å²) in [5.74, 6) is -0.762. The van der Waals surface area contributed by atoms with E-state index in [1.54, 1.807) is 12.5 Å². The van der Waals surface area contributed by atoms with Crippen LogP contribution in [0.4, 0.5) is 0 Å². The summed E-state index contributed by atoms with van der Waals surface area (Å²) in [6.45, 7) is 4.15. The Morgan fingerprint density at radius 1 is 1.07 bits per heavy atom. The lowest BCUT2D eigenvalue weighted by Crippen LogP contribution is -2.25. The summed E-state index contributed by atoms with van der Waals surface area (Å²) in [6, 6.07) is 0. The molecule has 0 aliphatic carbocycles. The van der Waals surface area contributed by atoms with E-state index in [0.717, 1.165) is 31.4 Å². The molecule has 1 atom stereocenters. The van der Waals surface area contributed by atoms with Gasteiger partial charge in [-0.15, -0.1) is 0 Å². The third-order valence-corrected chi connectivity index (χ3v) is 5.14. The number of imidazole rings is 1. The lowest BCUT2D eigenvalue weighted by atomic mass is 9.94. The number of unbranched alkanes of at least 4 members (excludes halogenated alkanes) is 2. The minimum Gasteiger partial charge on any atom is -0.465 e. The largest absolute Gasteiger partial charge is 0.465 e. The molecule has 0 spiro atoms. The fourth-order valence-corrected chi connectivity index (χ4v) is 3.07. The molecule has 152 valence electrons. The normalized spacial score (nSPS) is 18.6. The lowest BCUT2D eigenvalue weighted by Gasteiger charge is -2.15. The number of H-pyrrole nitrogens is 1. The quantitative estimate of drug-likeness (QED) is 0.385. The predicted molar refractivity (Wildman–Crippen MR) is 101 cm³/mol. The number of hydrogen-bond acceptors (Lipinski definition) is 8. The first kappa shape index (κ1) is 20.3. The molecule has 0 radical (unpaired) electrons. The molecule has 0 unspecified atom stereocenters. The van der Waals surface area contributed by atoms with Crippen molar-refractivity contribution in [2.75, 3.05) is 6.61 Å². The van der Waals surface area contributed by atoms with Crippen LogP contribution in [0, 0.1) is 5.92 Å². The van der Waals surface area contributed by atoms with Crippen LogP contribution in [0.3, 0.4) is 0 Å². The molecule has 1 N–H and O–H groups in total. The zero-order chi connectivity index (χ0) is 20.0. The van der Waals surface area contributed by atoms with Crippen LogP contribution in [0.2, 0.25) is 0 Å². The number of carbonyl (C=O) groups is 2. The molecule has 0 saturated heterocycles. The molecular weight excluding hydrogens is 360 g/mol. The number of rotatable bonds is 14. The fourth-order valence-electron chi connectivity index (χ4n) is 3.07.